The SMILES string of the molecule is NC1CCC(CNCCN2CCN(c3c(F)cc(C4CCC(=O)NC4=O)cc3F)CC2)CC1. The van der Waals surface area contributed by atoms with E-state index in [9.17, 15) is 18.4 Å². The van der Waals surface area contributed by atoms with E-state index in [1.807, 2.05) is 0 Å². The van der Waals surface area contributed by atoms with E-state index < -0.39 is 23.5 Å². The maximum Gasteiger partial charge on any atom is 0.234 e. The van der Waals surface area contributed by atoms with Gasteiger partial charge in [0.2, 0.25) is 11.8 Å². The Hall–Kier alpha value is -2.10. The molecule has 1 aromatic carbocycles. The Morgan fingerprint density at radius 3 is 2.30 bits per heavy atom. The lowest BCUT2D eigenvalue weighted by Crippen LogP contribution is -2.49. The minimum Gasteiger partial charge on any atom is -0.364 e. The second-order valence-corrected chi connectivity index (χ2v) is 9.65. The highest BCUT2D eigenvalue weighted by Crippen LogP contribution is 2.32. The number of hydrogen-bond donors (Lipinski definition) is 3. The van der Waals surface area contributed by atoms with Gasteiger partial charge in [0.1, 0.15) is 17.3 Å². The standard InChI is InChI=1S/C24H35F2N5O2/c25-20-13-17(19-5-6-22(32)29-24(19)33)14-21(26)23(20)31-11-9-30(10-12-31)8-7-28-15-16-1-3-18(27)4-2-16/h13-14,16,18-19,28H,1-12,15,27H2,(H,29,32,33). The van der Waals surface area contributed by atoms with Crippen molar-refractivity contribution >= 4 is 17.5 Å². The molecule has 1 aromatic rings. The number of hydrogen-bond acceptors (Lipinski definition) is 6. The number of imide groups is 1. The van der Waals surface area contributed by atoms with Crippen LogP contribution in [0.2, 0.25) is 0 Å². The van der Waals surface area contributed by atoms with Crippen molar-refractivity contribution in [2.75, 3.05) is 50.7 Å². The first-order valence-electron chi connectivity index (χ1n) is 12.2. The number of anilines is 1. The van der Waals surface area contributed by atoms with Crippen LogP contribution in [0.5, 0.6) is 0 Å². The Morgan fingerprint density at radius 2 is 1.67 bits per heavy atom. The molecular weight excluding hydrogens is 428 g/mol. The average Bonchev–Trinajstić information content (AvgIpc) is 2.78. The normalized spacial score (nSPS) is 27.0. The van der Waals surface area contributed by atoms with Crippen LogP contribution in [-0.4, -0.2) is 68.6 Å². The zero-order valence-electron chi connectivity index (χ0n) is 19.1. The van der Waals surface area contributed by atoms with Crippen LogP contribution in [0.1, 0.15) is 50.0 Å². The van der Waals surface area contributed by atoms with Gasteiger partial charge in [0.25, 0.3) is 0 Å². The molecule has 4 N–H and O–H groups in total. The summed E-state index contributed by atoms with van der Waals surface area (Å²) in [6.45, 7) is 5.44. The maximum absolute atomic E-state index is 14.9. The van der Waals surface area contributed by atoms with E-state index >= 15 is 0 Å². The number of nitrogens with two attached hydrogens (primary N) is 1. The lowest BCUT2D eigenvalue weighted by molar-refractivity contribution is -0.134. The van der Waals surface area contributed by atoms with Gasteiger partial charge in [-0.1, -0.05) is 0 Å². The molecule has 9 heteroatoms. The molecule has 182 valence electrons. The summed E-state index contributed by atoms with van der Waals surface area (Å²) in [4.78, 5) is 27.5. The Kier molecular flexibility index (Phi) is 7.93. The molecule has 0 aromatic heterocycles. The predicted molar refractivity (Wildman–Crippen MR) is 123 cm³/mol. The summed E-state index contributed by atoms with van der Waals surface area (Å²) >= 11 is 0. The van der Waals surface area contributed by atoms with E-state index in [0.29, 0.717) is 19.1 Å². The third-order valence-corrected chi connectivity index (χ3v) is 7.30. The number of rotatable bonds is 7. The van der Waals surface area contributed by atoms with Crippen LogP contribution < -0.4 is 21.3 Å². The van der Waals surface area contributed by atoms with E-state index in [2.05, 4.69) is 15.5 Å². The summed E-state index contributed by atoms with van der Waals surface area (Å²) in [6, 6.07) is 2.86. The summed E-state index contributed by atoms with van der Waals surface area (Å²) in [6.07, 6.45) is 5.08. The van der Waals surface area contributed by atoms with Gasteiger partial charge < -0.3 is 16.0 Å². The largest absolute Gasteiger partial charge is 0.364 e. The van der Waals surface area contributed by atoms with Crippen molar-refractivity contribution in [1.82, 2.24) is 15.5 Å². The van der Waals surface area contributed by atoms with Crippen LogP contribution in [0.25, 0.3) is 0 Å². The van der Waals surface area contributed by atoms with Crippen LogP contribution in [0.4, 0.5) is 14.5 Å². The van der Waals surface area contributed by atoms with Gasteiger partial charge in [-0.2, -0.15) is 0 Å². The minimum absolute atomic E-state index is 0.0284. The molecule has 3 aliphatic rings. The van der Waals surface area contributed by atoms with Crippen LogP contribution in [0.3, 0.4) is 0 Å². The van der Waals surface area contributed by atoms with Crippen molar-refractivity contribution in [2.24, 2.45) is 11.7 Å². The smallest absolute Gasteiger partial charge is 0.234 e. The highest BCUT2D eigenvalue weighted by molar-refractivity contribution is 6.00. The monoisotopic (exact) mass is 463 g/mol. The van der Waals surface area contributed by atoms with Crippen molar-refractivity contribution in [1.29, 1.82) is 0 Å². The first kappa shape index (κ1) is 24.0. The van der Waals surface area contributed by atoms with Crippen molar-refractivity contribution in [2.45, 2.75) is 50.5 Å². The molecule has 1 saturated carbocycles. The van der Waals surface area contributed by atoms with E-state index in [-0.39, 0.29) is 30.0 Å². The number of piperazine rings is 1. The van der Waals surface area contributed by atoms with Gasteiger partial charge in [-0.15, -0.1) is 0 Å². The fraction of sp³-hybridized carbons (Fsp3) is 0.667. The molecule has 2 amide bonds. The molecule has 1 unspecified atom stereocenters. The Labute approximate surface area is 194 Å². The van der Waals surface area contributed by atoms with Crippen LogP contribution in [0, 0.1) is 17.6 Å². The fourth-order valence-electron chi connectivity index (χ4n) is 5.23. The first-order chi connectivity index (χ1) is 15.9. The topological polar surface area (TPSA) is 90.7 Å². The second-order valence-electron chi connectivity index (χ2n) is 9.65. The molecule has 0 spiro atoms. The second kappa shape index (κ2) is 10.9. The molecule has 2 heterocycles. The zero-order chi connectivity index (χ0) is 23.4. The van der Waals surface area contributed by atoms with E-state index in [1.54, 1.807) is 4.90 Å². The number of nitrogens with zero attached hydrogens (tertiary/aromatic N) is 2. The van der Waals surface area contributed by atoms with Gasteiger partial charge in [0.15, 0.2) is 0 Å². The fourth-order valence-corrected chi connectivity index (χ4v) is 5.23. The summed E-state index contributed by atoms with van der Waals surface area (Å²) < 4.78 is 29.8. The number of carbonyl (C=O) groups is 2. The van der Waals surface area contributed by atoms with Gasteiger partial charge in [-0.3, -0.25) is 19.8 Å². The molecule has 2 saturated heterocycles. The number of benzene rings is 1. The van der Waals surface area contributed by atoms with Gasteiger partial charge in [-0.05, 0) is 62.3 Å². The third-order valence-electron chi connectivity index (χ3n) is 7.30. The molecule has 1 aliphatic carbocycles. The first-order valence-corrected chi connectivity index (χ1v) is 12.2. The van der Waals surface area contributed by atoms with Crippen molar-refractivity contribution < 1.29 is 18.4 Å². The minimum atomic E-state index is -0.699. The summed E-state index contributed by atoms with van der Waals surface area (Å²) in [5.41, 5.74) is 6.22. The molecule has 33 heavy (non-hydrogen) atoms. The molecule has 4 rings (SSSR count). The number of nitrogens with one attached hydrogen (secondary N) is 2. The third kappa shape index (κ3) is 6.07. The maximum atomic E-state index is 14.9. The predicted octanol–water partition coefficient (Wildman–Crippen LogP) is 1.71. The average molecular weight is 464 g/mol. The quantitative estimate of drug-likeness (QED) is 0.421. The molecule has 0 bridgehead atoms. The van der Waals surface area contributed by atoms with Gasteiger partial charge in [0, 0.05) is 51.7 Å². The molecule has 0 radical (unpaired) electrons. The van der Waals surface area contributed by atoms with Crippen molar-refractivity contribution in [3.8, 4) is 0 Å². The number of carbonyl (C=O) groups excluding carboxylic acids is 2. The highest BCUT2D eigenvalue weighted by atomic mass is 19.1. The zero-order valence-corrected chi connectivity index (χ0v) is 19.1. The van der Waals surface area contributed by atoms with E-state index in [0.717, 1.165) is 51.5 Å². The lowest BCUT2D eigenvalue weighted by atomic mass is 9.86. The molecular formula is C24H35F2N5O2. The highest BCUT2D eigenvalue weighted by Gasteiger charge is 2.30. The van der Waals surface area contributed by atoms with Crippen LogP contribution in [-0.2, 0) is 9.59 Å². The van der Waals surface area contributed by atoms with Gasteiger partial charge in [-0.25, -0.2) is 8.78 Å². The number of halogens is 2. The summed E-state index contributed by atoms with van der Waals surface area (Å²) in [5.74, 6) is -2.13. The summed E-state index contributed by atoms with van der Waals surface area (Å²) in [5, 5.41) is 5.79. The summed E-state index contributed by atoms with van der Waals surface area (Å²) in [7, 11) is 0. The van der Waals surface area contributed by atoms with Crippen LogP contribution >= 0.6 is 0 Å². The van der Waals surface area contributed by atoms with E-state index in [4.69, 9.17) is 5.73 Å². The Morgan fingerprint density at radius 1 is 1.00 bits per heavy atom. The molecule has 7 nitrogen and oxygen atoms in total. The number of piperidine rings is 1. The van der Waals surface area contributed by atoms with Crippen molar-refractivity contribution in [3.63, 3.8) is 0 Å². The van der Waals surface area contributed by atoms with Crippen molar-refractivity contribution in [3.05, 3.63) is 29.3 Å². The van der Waals surface area contributed by atoms with E-state index in [1.165, 1.54) is 25.0 Å². The lowest BCUT2D eigenvalue weighted by Gasteiger charge is -2.36. The Balaban J connectivity index is 1.24. The van der Waals surface area contributed by atoms with Gasteiger partial charge >= 0.3 is 0 Å². The Bertz CT molecular complexity index is 828. The van der Waals surface area contributed by atoms with Gasteiger partial charge in [0.05, 0.1) is 5.92 Å². The number of amides is 2. The molecule has 3 fully saturated rings. The molecule has 1 atom stereocenters. The van der Waals surface area contributed by atoms with Crippen LogP contribution in [0.15, 0.2) is 12.1 Å². The molecule has 2 aliphatic heterocycles.